The molecular weight excluding hydrogens is 218 g/mol. The summed E-state index contributed by atoms with van der Waals surface area (Å²) in [4.78, 5) is 24.1. The lowest BCUT2D eigenvalue weighted by atomic mass is 9.81. The molecule has 2 rings (SSSR count). The molecule has 4 heteroatoms. The third-order valence-electron chi connectivity index (χ3n) is 3.92. The molecule has 1 saturated heterocycles. The molecule has 1 aliphatic carbocycles. The Kier molecular flexibility index (Phi) is 4.15. The fourth-order valence-corrected chi connectivity index (χ4v) is 2.75. The number of nitrogens with zero attached hydrogens (tertiary/aromatic N) is 1. The summed E-state index contributed by atoms with van der Waals surface area (Å²) in [5.41, 5.74) is 0. The summed E-state index contributed by atoms with van der Waals surface area (Å²) in [5.74, 6) is 0.842. The zero-order valence-corrected chi connectivity index (χ0v) is 10.5. The molecule has 0 spiro atoms. The summed E-state index contributed by atoms with van der Waals surface area (Å²) in [7, 11) is 0. The average Bonchev–Trinajstić information content (AvgIpc) is 2.27. The second-order valence-electron chi connectivity index (χ2n) is 5.47. The van der Waals surface area contributed by atoms with Crippen molar-refractivity contribution in [3.8, 4) is 0 Å². The molecule has 0 amide bonds. The fraction of sp³-hybridized carbons (Fsp3) is 0.846. The zero-order chi connectivity index (χ0) is 12.3. The van der Waals surface area contributed by atoms with E-state index in [2.05, 4.69) is 11.7 Å². The first-order valence-corrected chi connectivity index (χ1v) is 6.59. The molecule has 96 valence electrons. The highest BCUT2D eigenvalue weighted by molar-refractivity contribution is 5.90. The van der Waals surface area contributed by atoms with Crippen LogP contribution in [0.4, 0.5) is 0 Å². The Hall–Kier alpha value is -0.900. The van der Waals surface area contributed by atoms with Crippen LogP contribution < -0.4 is 0 Å². The molecule has 0 bridgehead atoms. The third kappa shape index (κ3) is 3.80. The van der Waals surface area contributed by atoms with Gasteiger partial charge in [0.15, 0.2) is 0 Å². The molecule has 4 nitrogen and oxygen atoms in total. The Morgan fingerprint density at radius 2 is 1.71 bits per heavy atom. The van der Waals surface area contributed by atoms with Gasteiger partial charge in [-0.15, -0.1) is 0 Å². The van der Waals surface area contributed by atoms with Gasteiger partial charge in [-0.1, -0.05) is 32.6 Å². The number of carbonyl (C=O) groups is 2. The number of ether oxygens (including phenoxy) is 1. The Bertz CT molecular complexity index is 279. The Morgan fingerprint density at radius 3 is 2.29 bits per heavy atom. The number of morpholine rings is 1. The second-order valence-corrected chi connectivity index (χ2v) is 5.47. The molecule has 0 radical (unpaired) electrons. The average molecular weight is 239 g/mol. The van der Waals surface area contributed by atoms with Crippen molar-refractivity contribution < 1.29 is 14.3 Å². The molecule has 1 heterocycles. The van der Waals surface area contributed by atoms with Crippen molar-refractivity contribution in [2.75, 3.05) is 19.6 Å². The van der Waals surface area contributed by atoms with E-state index in [9.17, 15) is 9.59 Å². The van der Waals surface area contributed by atoms with Crippen molar-refractivity contribution in [1.82, 2.24) is 4.90 Å². The summed E-state index contributed by atoms with van der Waals surface area (Å²) in [6.07, 6.45) is 6.35. The largest absolute Gasteiger partial charge is 0.391 e. The van der Waals surface area contributed by atoms with Gasteiger partial charge in [0.1, 0.15) is 0 Å². The van der Waals surface area contributed by atoms with Crippen LogP contribution in [0, 0.1) is 11.8 Å². The summed E-state index contributed by atoms with van der Waals surface area (Å²) in [6.45, 7) is 3.71. The van der Waals surface area contributed by atoms with Crippen LogP contribution in [0.3, 0.4) is 0 Å². The molecule has 2 aliphatic rings. The van der Waals surface area contributed by atoms with Gasteiger partial charge in [0.2, 0.25) is 0 Å². The number of cyclic esters (lactones) is 2. The SMILES string of the molecule is CC1CCC(CCN2CC(=O)OC(=O)C2)CC1. The highest BCUT2D eigenvalue weighted by atomic mass is 16.6. The van der Waals surface area contributed by atoms with Crippen molar-refractivity contribution in [3.63, 3.8) is 0 Å². The van der Waals surface area contributed by atoms with Crippen LogP contribution in [-0.4, -0.2) is 36.5 Å². The van der Waals surface area contributed by atoms with Crippen LogP contribution in [0.25, 0.3) is 0 Å². The Balaban J connectivity index is 1.71. The van der Waals surface area contributed by atoms with Gasteiger partial charge in [-0.25, -0.2) is 0 Å². The fourth-order valence-electron chi connectivity index (χ4n) is 2.75. The van der Waals surface area contributed by atoms with Gasteiger partial charge < -0.3 is 4.74 Å². The molecule has 2 fully saturated rings. The lowest BCUT2D eigenvalue weighted by molar-refractivity contribution is -0.166. The van der Waals surface area contributed by atoms with Crippen LogP contribution in [0.15, 0.2) is 0 Å². The summed E-state index contributed by atoms with van der Waals surface area (Å²) in [5, 5.41) is 0. The predicted molar refractivity (Wildman–Crippen MR) is 63.3 cm³/mol. The van der Waals surface area contributed by atoms with Crippen molar-refractivity contribution in [2.24, 2.45) is 11.8 Å². The van der Waals surface area contributed by atoms with E-state index in [1.165, 1.54) is 25.7 Å². The first-order valence-electron chi connectivity index (χ1n) is 6.59. The van der Waals surface area contributed by atoms with Gasteiger partial charge in [-0.3, -0.25) is 14.5 Å². The molecule has 1 aliphatic heterocycles. The van der Waals surface area contributed by atoms with Gasteiger partial charge in [0.25, 0.3) is 0 Å². The minimum atomic E-state index is -0.404. The molecule has 0 aromatic rings. The van der Waals surface area contributed by atoms with E-state index in [0.29, 0.717) is 0 Å². The van der Waals surface area contributed by atoms with E-state index in [0.717, 1.165) is 24.8 Å². The van der Waals surface area contributed by atoms with Crippen LogP contribution in [0.1, 0.15) is 39.0 Å². The van der Waals surface area contributed by atoms with Gasteiger partial charge in [-0.2, -0.15) is 0 Å². The first-order chi connectivity index (χ1) is 8.13. The summed E-state index contributed by atoms with van der Waals surface area (Å²) < 4.78 is 4.50. The zero-order valence-electron chi connectivity index (χ0n) is 10.5. The minimum absolute atomic E-state index is 0.273. The maximum Gasteiger partial charge on any atom is 0.327 e. The van der Waals surface area contributed by atoms with Crippen molar-refractivity contribution >= 4 is 11.9 Å². The van der Waals surface area contributed by atoms with E-state index in [-0.39, 0.29) is 13.1 Å². The Morgan fingerprint density at radius 1 is 1.12 bits per heavy atom. The van der Waals surface area contributed by atoms with Crippen LogP contribution in [0.5, 0.6) is 0 Å². The number of hydrogen-bond acceptors (Lipinski definition) is 4. The van der Waals surface area contributed by atoms with Crippen LogP contribution in [-0.2, 0) is 14.3 Å². The monoisotopic (exact) mass is 239 g/mol. The predicted octanol–water partition coefficient (Wildman–Crippen LogP) is 1.59. The van der Waals surface area contributed by atoms with E-state index in [4.69, 9.17) is 0 Å². The third-order valence-corrected chi connectivity index (χ3v) is 3.92. The minimum Gasteiger partial charge on any atom is -0.391 e. The van der Waals surface area contributed by atoms with E-state index < -0.39 is 11.9 Å². The number of hydrogen-bond donors (Lipinski definition) is 0. The summed E-state index contributed by atoms with van der Waals surface area (Å²) >= 11 is 0. The van der Waals surface area contributed by atoms with E-state index >= 15 is 0 Å². The van der Waals surface area contributed by atoms with Crippen LogP contribution in [0.2, 0.25) is 0 Å². The molecule has 0 aromatic carbocycles. The molecule has 0 unspecified atom stereocenters. The maximum absolute atomic E-state index is 11.1. The molecule has 1 saturated carbocycles. The molecule has 0 atom stereocenters. The molecule has 17 heavy (non-hydrogen) atoms. The van der Waals surface area contributed by atoms with Gasteiger partial charge in [0.05, 0.1) is 13.1 Å². The molecule has 0 N–H and O–H groups in total. The quantitative estimate of drug-likeness (QED) is 0.554. The van der Waals surface area contributed by atoms with Crippen molar-refractivity contribution in [3.05, 3.63) is 0 Å². The maximum atomic E-state index is 11.1. The lowest BCUT2D eigenvalue weighted by Gasteiger charge is -2.29. The first kappa shape index (κ1) is 12.6. The number of carbonyl (C=O) groups excluding carboxylic acids is 2. The number of esters is 2. The van der Waals surface area contributed by atoms with Crippen molar-refractivity contribution in [2.45, 2.75) is 39.0 Å². The number of rotatable bonds is 3. The highest BCUT2D eigenvalue weighted by Crippen LogP contribution is 2.30. The summed E-state index contributed by atoms with van der Waals surface area (Å²) in [6, 6.07) is 0. The van der Waals surface area contributed by atoms with Gasteiger partial charge in [-0.05, 0) is 24.8 Å². The standard InChI is InChI=1S/C13H21NO3/c1-10-2-4-11(5-3-10)6-7-14-8-12(15)17-13(16)9-14/h10-11H,2-9H2,1H3. The highest BCUT2D eigenvalue weighted by Gasteiger charge is 2.25. The van der Waals surface area contributed by atoms with Crippen molar-refractivity contribution in [1.29, 1.82) is 0 Å². The molecular formula is C13H21NO3. The lowest BCUT2D eigenvalue weighted by Crippen LogP contribution is -2.43. The van der Waals surface area contributed by atoms with E-state index in [1.54, 1.807) is 0 Å². The van der Waals surface area contributed by atoms with Gasteiger partial charge >= 0.3 is 11.9 Å². The van der Waals surface area contributed by atoms with E-state index in [1.807, 2.05) is 4.90 Å². The smallest absolute Gasteiger partial charge is 0.327 e. The normalized spacial score (nSPS) is 31.4. The topological polar surface area (TPSA) is 46.6 Å². The second kappa shape index (κ2) is 5.63. The molecule has 0 aromatic heterocycles. The Labute approximate surface area is 102 Å². The van der Waals surface area contributed by atoms with Gasteiger partial charge in [0, 0.05) is 0 Å². The van der Waals surface area contributed by atoms with Crippen LogP contribution >= 0.6 is 0 Å².